The Morgan fingerprint density at radius 3 is 2.67 bits per heavy atom. The molecule has 1 aromatic rings. The number of nitrogens with zero attached hydrogens (tertiary/aromatic N) is 3. The fraction of sp³-hybridized carbons (Fsp3) is 0.692. The van der Waals surface area contributed by atoms with E-state index in [0.29, 0.717) is 12.6 Å². The molecule has 0 aromatic carbocycles. The van der Waals surface area contributed by atoms with Crippen molar-refractivity contribution in [3.63, 3.8) is 0 Å². The molecule has 0 radical (unpaired) electrons. The third-order valence-electron chi connectivity index (χ3n) is 3.00. The summed E-state index contributed by atoms with van der Waals surface area (Å²) in [5, 5.41) is 0. The van der Waals surface area contributed by atoms with Crippen LogP contribution in [0.1, 0.15) is 33.0 Å². The average molecular weight is 316 g/mol. The molecule has 1 unspecified atom stereocenters. The number of halogens is 1. The lowest BCUT2D eigenvalue weighted by Gasteiger charge is -2.29. The first-order chi connectivity index (χ1) is 8.62. The van der Waals surface area contributed by atoms with E-state index in [9.17, 15) is 0 Å². The summed E-state index contributed by atoms with van der Waals surface area (Å²) < 4.78 is 6.02. The van der Waals surface area contributed by atoms with Gasteiger partial charge in [-0.15, -0.1) is 0 Å². The molecule has 0 aliphatic carbocycles. The van der Waals surface area contributed by atoms with Crippen LogP contribution in [0.2, 0.25) is 0 Å². The summed E-state index contributed by atoms with van der Waals surface area (Å²) in [5.74, 6) is 1.84. The molecule has 1 rings (SSSR count). The lowest BCUT2D eigenvalue weighted by molar-refractivity contribution is 0.203. The topological polar surface area (TPSA) is 38.2 Å². The second-order valence-electron chi connectivity index (χ2n) is 4.26. The average Bonchev–Trinajstić information content (AvgIpc) is 2.38. The van der Waals surface area contributed by atoms with Crippen molar-refractivity contribution < 1.29 is 4.74 Å². The van der Waals surface area contributed by atoms with E-state index in [4.69, 9.17) is 4.74 Å². The summed E-state index contributed by atoms with van der Waals surface area (Å²) >= 11 is 3.45. The van der Waals surface area contributed by atoms with Crippen LogP contribution >= 0.6 is 15.9 Å². The van der Waals surface area contributed by atoms with E-state index in [-0.39, 0.29) is 0 Å². The summed E-state index contributed by atoms with van der Waals surface area (Å²) in [6.45, 7) is 8.00. The summed E-state index contributed by atoms with van der Waals surface area (Å²) in [4.78, 5) is 11.2. The minimum Gasteiger partial charge on any atom is -0.383 e. The Morgan fingerprint density at radius 2 is 2.11 bits per heavy atom. The van der Waals surface area contributed by atoms with Gasteiger partial charge in [0, 0.05) is 32.2 Å². The molecule has 0 aliphatic heterocycles. The molecule has 102 valence electrons. The lowest BCUT2D eigenvalue weighted by atomic mass is 10.2. The van der Waals surface area contributed by atoms with E-state index >= 15 is 0 Å². The highest BCUT2D eigenvalue weighted by molar-refractivity contribution is 9.10. The number of ether oxygens (including phenoxy) is 1. The molecular formula is C13H22BrN3O. The molecule has 18 heavy (non-hydrogen) atoms. The molecule has 4 nitrogen and oxygen atoms in total. The van der Waals surface area contributed by atoms with Gasteiger partial charge in [0.2, 0.25) is 0 Å². The maximum absolute atomic E-state index is 5.18. The number of methoxy groups -OCH3 is 1. The Morgan fingerprint density at radius 1 is 1.39 bits per heavy atom. The Balaban J connectivity index is 2.99. The van der Waals surface area contributed by atoms with Crippen molar-refractivity contribution >= 4 is 21.7 Å². The lowest BCUT2D eigenvalue weighted by Crippen LogP contribution is -2.36. The van der Waals surface area contributed by atoms with E-state index < -0.39 is 0 Å². The zero-order valence-electron chi connectivity index (χ0n) is 11.6. The molecule has 1 aromatic heterocycles. The smallest absolute Gasteiger partial charge is 0.133 e. The molecule has 1 atom stereocenters. The minimum atomic E-state index is 0.437. The molecular weight excluding hydrogens is 294 g/mol. The number of hydrogen-bond donors (Lipinski definition) is 0. The van der Waals surface area contributed by atoms with Gasteiger partial charge in [-0.3, -0.25) is 0 Å². The maximum atomic E-state index is 5.18. The predicted octanol–water partition coefficient (Wildman–Crippen LogP) is 3.05. The van der Waals surface area contributed by atoms with Crippen LogP contribution in [0.3, 0.4) is 0 Å². The normalized spacial score (nSPS) is 12.5. The molecule has 0 saturated carbocycles. The van der Waals surface area contributed by atoms with Crippen LogP contribution in [0.4, 0.5) is 5.82 Å². The second-order valence-corrected chi connectivity index (χ2v) is 5.07. The first kappa shape index (κ1) is 15.4. The first-order valence-electron chi connectivity index (χ1n) is 6.41. The van der Waals surface area contributed by atoms with E-state index in [2.05, 4.69) is 51.6 Å². The summed E-state index contributed by atoms with van der Waals surface area (Å²) in [7, 11) is 1.72. The number of aryl methyl sites for hydroxylation is 1. The van der Waals surface area contributed by atoms with Crippen LogP contribution in [0.15, 0.2) is 10.7 Å². The third-order valence-corrected chi connectivity index (χ3v) is 3.40. The zero-order chi connectivity index (χ0) is 13.5. The van der Waals surface area contributed by atoms with Crippen molar-refractivity contribution in [1.82, 2.24) is 9.97 Å². The van der Waals surface area contributed by atoms with Gasteiger partial charge in [-0.1, -0.05) is 13.8 Å². The van der Waals surface area contributed by atoms with Crippen molar-refractivity contribution in [3.8, 4) is 0 Å². The van der Waals surface area contributed by atoms with Gasteiger partial charge in [-0.25, -0.2) is 9.97 Å². The minimum absolute atomic E-state index is 0.437. The highest BCUT2D eigenvalue weighted by Gasteiger charge is 2.15. The second kappa shape index (κ2) is 7.69. The van der Waals surface area contributed by atoms with E-state index in [1.54, 1.807) is 7.11 Å². The predicted molar refractivity (Wildman–Crippen MR) is 78.1 cm³/mol. The number of rotatable bonds is 7. The van der Waals surface area contributed by atoms with Crippen molar-refractivity contribution in [2.45, 2.75) is 39.7 Å². The van der Waals surface area contributed by atoms with Crippen molar-refractivity contribution in [2.24, 2.45) is 0 Å². The standard InChI is InChI=1S/C13H22BrN3O/c1-5-10(3)17(7-8-18-4)13-9-11(14)15-12(6-2)16-13/h9-10H,5-8H2,1-4H3. The number of anilines is 1. The Labute approximate surface area is 118 Å². The van der Waals surface area contributed by atoms with Crippen LogP contribution in [-0.4, -0.2) is 36.3 Å². The molecule has 0 amide bonds. The molecule has 0 saturated heterocycles. The van der Waals surface area contributed by atoms with E-state index in [0.717, 1.165) is 35.6 Å². The van der Waals surface area contributed by atoms with Gasteiger partial charge >= 0.3 is 0 Å². The van der Waals surface area contributed by atoms with Crippen LogP contribution < -0.4 is 4.90 Å². The highest BCUT2D eigenvalue weighted by Crippen LogP contribution is 2.20. The van der Waals surface area contributed by atoms with Crippen molar-refractivity contribution in [1.29, 1.82) is 0 Å². The summed E-state index contributed by atoms with van der Waals surface area (Å²) in [6, 6.07) is 2.41. The van der Waals surface area contributed by atoms with Crippen LogP contribution in [0.25, 0.3) is 0 Å². The van der Waals surface area contributed by atoms with E-state index in [1.807, 2.05) is 6.07 Å². The molecule has 0 aliphatic rings. The highest BCUT2D eigenvalue weighted by atomic mass is 79.9. The Kier molecular flexibility index (Phi) is 6.57. The monoisotopic (exact) mass is 315 g/mol. The maximum Gasteiger partial charge on any atom is 0.133 e. The van der Waals surface area contributed by atoms with Gasteiger partial charge in [0.1, 0.15) is 16.2 Å². The fourth-order valence-corrected chi connectivity index (χ4v) is 2.14. The molecule has 0 spiro atoms. The SMILES string of the molecule is CCc1nc(Br)cc(N(CCOC)C(C)CC)n1. The molecule has 0 N–H and O–H groups in total. The molecule has 0 fully saturated rings. The zero-order valence-corrected chi connectivity index (χ0v) is 13.2. The van der Waals surface area contributed by atoms with Gasteiger partial charge in [0.15, 0.2) is 0 Å². The van der Waals surface area contributed by atoms with Crippen LogP contribution in [0, 0.1) is 0 Å². The molecule has 0 bridgehead atoms. The first-order valence-corrected chi connectivity index (χ1v) is 7.20. The van der Waals surface area contributed by atoms with Gasteiger partial charge in [0.05, 0.1) is 6.61 Å². The summed E-state index contributed by atoms with van der Waals surface area (Å²) in [6.07, 6.45) is 1.91. The Hall–Kier alpha value is -0.680. The number of aromatic nitrogens is 2. The molecule has 5 heteroatoms. The molecule has 1 heterocycles. The number of hydrogen-bond acceptors (Lipinski definition) is 4. The summed E-state index contributed by atoms with van der Waals surface area (Å²) in [5.41, 5.74) is 0. The van der Waals surface area contributed by atoms with Gasteiger partial charge in [-0.2, -0.15) is 0 Å². The van der Waals surface area contributed by atoms with Crippen LogP contribution in [0.5, 0.6) is 0 Å². The van der Waals surface area contributed by atoms with Gasteiger partial charge < -0.3 is 9.64 Å². The fourth-order valence-electron chi connectivity index (χ4n) is 1.73. The van der Waals surface area contributed by atoms with E-state index in [1.165, 1.54) is 0 Å². The largest absolute Gasteiger partial charge is 0.383 e. The third kappa shape index (κ3) is 4.21. The quantitative estimate of drug-likeness (QED) is 0.725. The van der Waals surface area contributed by atoms with Gasteiger partial charge in [-0.05, 0) is 29.3 Å². The van der Waals surface area contributed by atoms with Crippen LogP contribution in [-0.2, 0) is 11.2 Å². The Bertz CT molecular complexity index is 373. The van der Waals surface area contributed by atoms with Gasteiger partial charge in [0.25, 0.3) is 0 Å². The van der Waals surface area contributed by atoms with Crippen molar-refractivity contribution in [3.05, 3.63) is 16.5 Å². The van der Waals surface area contributed by atoms with Crippen molar-refractivity contribution in [2.75, 3.05) is 25.2 Å².